The normalized spacial score (nSPS) is 21.6. The van der Waals surface area contributed by atoms with Crippen LogP contribution in [0.1, 0.15) is 32.1 Å². The van der Waals surface area contributed by atoms with Crippen molar-refractivity contribution in [2.24, 2.45) is 9.98 Å². The van der Waals surface area contributed by atoms with E-state index < -0.39 is 0 Å². The Morgan fingerprint density at radius 2 is 1.07 bits per heavy atom. The maximum atomic E-state index is 4.81. The number of fused-ring (bicyclic) bond motifs is 2. The molecule has 0 aromatic rings. The number of rotatable bonds is 0. The topological polar surface area (TPSA) is 48.8 Å². The number of hydrogen-bond acceptors (Lipinski definition) is 4. The zero-order valence-electron chi connectivity index (χ0n) is 16.0. The van der Waals surface area contributed by atoms with E-state index in [4.69, 9.17) is 9.98 Å². The van der Waals surface area contributed by atoms with Crippen LogP contribution in [0, 0.1) is 0 Å². The molecule has 0 fully saturated rings. The molecule has 3 rings (SSSR count). The second kappa shape index (κ2) is 11.2. The standard InChI is InChI=1S/C23H30N4/c1-2-10-17-25-21-13-6-4-8-15-23(21)27-19-11-18-26-22-14-7-3-5-12-20(22)24-16-9-1/h3-8,12-15,24-25H,1-2,9-11,16-19H2. The Balaban J connectivity index is 1.70. The van der Waals surface area contributed by atoms with Gasteiger partial charge in [-0.25, -0.2) is 0 Å². The predicted molar refractivity (Wildman–Crippen MR) is 116 cm³/mol. The lowest BCUT2D eigenvalue weighted by Gasteiger charge is -2.11. The molecule has 0 bridgehead atoms. The number of allylic oxidation sites excluding steroid dienone is 10. The largest absolute Gasteiger partial charge is 0.383 e. The van der Waals surface area contributed by atoms with E-state index in [2.05, 4.69) is 71.4 Å². The molecule has 142 valence electrons. The van der Waals surface area contributed by atoms with E-state index in [0.29, 0.717) is 0 Å². The molecule has 3 aliphatic rings. The molecular weight excluding hydrogens is 332 g/mol. The maximum Gasteiger partial charge on any atom is 0.0805 e. The van der Waals surface area contributed by atoms with E-state index in [1.165, 1.54) is 25.7 Å². The molecule has 2 aliphatic carbocycles. The van der Waals surface area contributed by atoms with Gasteiger partial charge < -0.3 is 10.6 Å². The third-order valence-corrected chi connectivity index (χ3v) is 4.65. The molecular formula is C23H30N4. The lowest BCUT2D eigenvalue weighted by molar-refractivity contribution is 0.608. The minimum Gasteiger partial charge on any atom is -0.383 e. The van der Waals surface area contributed by atoms with Crippen LogP contribution < -0.4 is 10.6 Å². The smallest absolute Gasteiger partial charge is 0.0805 e. The van der Waals surface area contributed by atoms with Gasteiger partial charge in [0.2, 0.25) is 0 Å². The monoisotopic (exact) mass is 362 g/mol. The molecule has 2 N–H and O–H groups in total. The van der Waals surface area contributed by atoms with E-state index in [0.717, 1.165) is 55.4 Å². The first-order valence-corrected chi connectivity index (χ1v) is 10.1. The summed E-state index contributed by atoms with van der Waals surface area (Å²) in [5, 5.41) is 7.12. The van der Waals surface area contributed by atoms with Crippen LogP contribution in [-0.2, 0) is 0 Å². The zero-order chi connectivity index (χ0) is 18.6. The molecule has 0 amide bonds. The quantitative estimate of drug-likeness (QED) is 0.683. The van der Waals surface area contributed by atoms with Crippen LogP contribution >= 0.6 is 0 Å². The van der Waals surface area contributed by atoms with Crippen LogP contribution in [0.25, 0.3) is 0 Å². The molecule has 0 aromatic heterocycles. The summed E-state index contributed by atoms with van der Waals surface area (Å²) >= 11 is 0. The molecule has 1 aliphatic heterocycles. The molecule has 1 heterocycles. The minimum absolute atomic E-state index is 0.782. The number of aliphatic imine (C=N–C) groups is 2. The Kier molecular flexibility index (Phi) is 7.92. The minimum atomic E-state index is 0.782. The van der Waals surface area contributed by atoms with Crippen molar-refractivity contribution >= 4 is 11.4 Å². The van der Waals surface area contributed by atoms with Crippen molar-refractivity contribution in [3.8, 4) is 0 Å². The molecule has 27 heavy (non-hydrogen) atoms. The molecule has 0 saturated heterocycles. The zero-order valence-corrected chi connectivity index (χ0v) is 16.0. The SMILES string of the molecule is C1=CC=C2NCCCCCCNC3=CC=CC=CC3=NCCCN=C2C=C1. The van der Waals surface area contributed by atoms with Crippen molar-refractivity contribution in [2.75, 3.05) is 26.2 Å². The van der Waals surface area contributed by atoms with Crippen molar-refractivity contribution in [1.29, 1.82) is 0 Å². The summed E-state index contributed by atoms with van der Waals surface area (Å²) in [4.78, 5) is 9.61. The highest BCUT2D eigenvalue weighted by atomic mass is 14.9. The second-order valence-corrected chi connectivity index (χ2v) is 6.80. The van der Waals surface area contributed by atoms with Gasteiger partial charge in [0.05, 0.1) is 22.8 Å². The van der Waals surface area contributed by atoms with Crippen molar-refractivity contribution in [2.45, 2.75) is 32.1 Å². The van der Waals surface area contributed by atoms with Gasteiger partial charge in [0.1, 0.15) is 0 Å². The van der Waals surface area contributed by atoms with Crippen LogP contribution in [0.15, 0.2) is 82.1 Å². The fraction of sp³-hybridized carbons (Fsp3) is 0.391. The first-order valence-electron chi connectivity index (χ1n) is 10.1. The van der Waals surface area contributed by atoms with Gasteiger partial charge in [0.25, 0.3) is 0 Å². The lowest BCUT2D eigenvalue weighted by atomic mass is 10.1. The summed E-state index contributed by atoms with van der Waals surface area (Å²) in [6, 6.07) is 0. The maximum absolute atomic E-state index is 4.81. The van der Waals surface area contributed by atoms with Crippen molar-refractivity contribution < 1.29 is 0 Å². The molecule has 0 radical (unpaired) electrons. The summed E-state index contributed by atoms with van der Waals surface area (Å²) in [7, 11) is 0. The van der Waals surface area contributed by atoms with Gasteiger partial charge in [0, 0.05) is 26.2 Å². The predicted octanol–water partition coefficient (Wildman–Crippen LogP) is 4.03. The molecule has 0 atom stereocenters. The van der Waals surface area contributed by atoms with E-state index in [1.807, 2.05) is 0 Å². The van der Waals surface area contributed by atoms with Gasteiger partial charge in [-0.15, -0.1) is 0 Å². The highest BCUT2D eigenvalue weighted by Crippen LogP contribution is 2.07. The molecule has 4 heteroatoms. The fourth-order valence-electron chi connectivity index (χ4n) is 3.17. The Hall–Kier alpha value is -2.62. The molecule has 0 spiro atoms. The Bertz CT molecular complexity index is 667. The van der Waals surface area contributed by atoms with Crippen LogP contribution in [0.3, 0.4) is 0 Å². The van der Waals surface area contributed by atoms with Crippen LogP contribution in [0.4, 0.5) is 0 Å². The summed E-state index contributed by atoms with van der Waals surface area (Å²) in [6.07, 6.45) is 26.6. The molecule has 0 unspecified atom stereocenters. The van der Waals surface area contributed by atoms with E-state index in [-0.39, 0.29) is 0 Å². The first-order chi connectivity index (χ1) is 13.4. The van der Waals surface area contributed by atoms with Gasteiger partial charge >= 0.3 is 0 Å². The summed E-state index contributed by atoms with van der Waals surface area (Å²) in [5.74, 6) is 0. The summed E-state index contributed by atoms with van der Waals surface area (Å²) in [5.41, 5.74) is 4.33. The summed E-state index contributed by atoms with van der Waals surface area (Å²) < 4.78 is 0. The van der Waals surface area contributed by atoms with Crippen LogP contribution in [-0.4, -0.2) is 37.6 Å². The van der Waals surface area contributed by atoms with Crippen molar-refractivity contribution in [1.82, 2.24) is 10.6 Å². The third kappa shape index (κ3) is 6.55. The van der Waals surface area contributed by atoms with Crippen LogP contribution in [0.2, 0.25) is 0 Å². The highest BCUT2D eigenvalue weighted by Gasteiger charge is 2.06. The van der Waals surface area contributed by atoms with Crippen molar-refractivity contribution in [3.63, 3.8) is 0 Å². The van der Waals surface area contributed by atoms with E-state index in [9.17, 15) is 0 Å². The number of nitrogens with one attached hydrogen (secondary N) is 2. The number of hydrogen-bond donors (Lipinski definition) is 2. The third-order valence-electron chi connectivity index (χ3n) is 4.65. The van der Waals surface area contributed by atoms with Crippen LogP contribution in [0.5, 0.6) is 0 Å². The lowest BCUT2D eigenvalue weighted by Crippen LogP contribution is -2.21. The average Bonchev–Trinajstić information content (AvgIpc) is 3.04. The van der Waals surface area contributed by atoms with Gasteiger partial charge in [-0.3, -0.25) is 9.98 Å². The fourth-order valence-corrected chi connectivity index (χ4v) is 3.17. The number of nitrogens with zero attached hydrogens (tertiary/aromatic N) is 2. The summed E-state index contributed by atoms with van der Waals surface area (Å²) in [6.45, 7) is 3.55. The van der Waals surface area contributed by atoms with Crippen molar-refractivity contribution in [3.05, 3.63) is 72.2 Å². The highest BCUT2D eigenvalue weighted by molar-refractivity contribution is 6.09. The van der Waals surface area contributed by atoms with E-state index in [1.54, 1.807) is 0 Å². The first kappa shape index (κ1) is 19.2. The molecule has 4 nitrogen and oxygen atoms in total. The van der Waals surface area contributed by atoms with Gasteiger partial charge in [0.15, 0.2) is 0 Å². The van der Waals surface area contributed by atoms with Gasteiger partial charge in [-0.2, -0.15) is 0 Å². The Morgan fingerprint density at radius 1 is 0.556 bits per heavy atom. The average molecular weight is 363 g/mol. The van der Waals surface area contributed by atoms with E-state index >= 15 is 0 Å². The Morgan fingerprint density at radius 3 is 1.59 bits per heavy atom. The second-order valence-electron chi connectivity index (χ2n) is 6.80. The molecule has 0 aromatic carbocycles. The Labute approximate surface area is 163 Å². The molecule has 0 saturated carbocycles. The van der Waals surface area contributed by atoms with Gasteiger partial charge in [-0.05, 0) is 43.6 Å². The van der Waals surface area contributed by atoms with Gasteiger partial charge in [-0.1, -0.05) is 49.3 Å².